The Bertz CT molecular complexity index is 599. The highest BCUT2D eigenvalue weighted by molar-refractivity contribution is 5.55. The number of hydrogen-bond acceptors (Lipinski definition) is 2. The van der Waals surface area contributed by atoms with E-state index in [1.165, 1.54) is 18.2 Å². The lowest BCUT2D eigenvalue weighted by Gasteiger charge is -2.11. The summed E-state index contributed by atoms with van der Waals surface area (Å²) in [4.78, 5) is 0. The minimum atomic E-state index is -1.17. The number of rotatable bonds is 2. The van der Waals surface area contributed by atoms with Crippen LogP contribution in [-0.2, 0) is 0 Å². The van der Waals surface area contributed by atoms with E-state index in [2.05, 4.69) is 0 Å². The average Bonchev–Trinajstić information content (AvgIpc) is 2.32. The highest BCUT2D eigenvalue weighted by atomic mass is 19.2. The standard InChI is InChI=1S/C13H10F3NO/c1-7-6-8(14)2-5-11(7)18-13-10(17)4-3-9(15)12(13)16/h2-6H,17H2,1H3. The molecule has 0 atom stereocenters. The van der Waals surface area contributed by atoms with Gasteiger partial charge in [-0.3, -0.25) is 0 Å². The molecule has 2 aromatic rings. The zero-order chi connectivity index (χ0) is 13.3. The third kappa shape index (κ3) is 2.25. The van der Waals surface area contributed by atoms with Crippen molar-refractivity contribution in [3.63, 3.8) is 0 Å². The first kappa shape index (κ1) is 12.3. The van der Waals surface area contributed by atoms with Crippen molar-refractivity contribution in [2.45, 2.75) is 6.92 Å². The largest absolute Gasteiger partial charge is 0.452 e. The van der Waals surface area contributed by atoms with Gasteiger partial charge in [0.2, 0.25) is 5.82 Å². The molecule has 0 aliphatic rings. The summed E-state index contributed by atoms with van der Waals surface area (Å²) in [7, 11) is 0. The first-order valence-corrected chi connectivity index (χ1v) is 5.16. The molecular formula is C13H10F3NO. The van der Waals surface area contributed by atoms with Crippen molar-refractivity contribution >= 4 is 5.69 Å². The fourth-order valence-electron chi connectivity index (χ4n) is 1.49. The van der Waals surface area contributed by atoms with Gasteiger partial charge in [-0.2, -0.15) is 4.39 Å². The lowest BCUT2D eigenvalue weighted by Crippen LogP contribution is -1.98. The van der Waals surface area contributed by atoms with E-state index in [0.29, 0.717) is 5.56 Å². The molecule has 18 heavy (non-hydrogen) atoms. The zero-order valence-electron chi connectivity index (χ0n) is 9.51. The molecule has 2 rings (SSSR count). The molecule has 2 aromatic carbocycles. The first-order valence-electron chi connectivity index (χ1n) is 5.16. The topological polar surface area (TPSA) is 35.2 Å². The molecule has 0 unspecified atom stereocenters. The van der Waals surface area contributed by atoms with E-state index in [0.717, 1.165) is 12.1 Å². The van der Waals surface area contributed by atoms with Gasteiger partial charge in [0.15, 0.2) is 11.6 Å². The van der Waals surface area contributed by atoms with Gasteiger partial charge in [-0.15, -0.1) is 0 Å². The van der Waals surface area contributed by atoms with Gasteiger partial charge in [0.25, 0.3) is 0 Å². The first-order chi connectivity index (χ1) is 8.49. The molecule has 5 heteroatoms. The van der Waals surface area contributed by atoms with Gasteiger partial charge >= 0.3 is 0 Å². The van der Waals surface area contributed by atoms with Gasteiger partial charge in [0.1, 0.15) is 11.6 Å². The zero-order valence-corrected chi connectivity index (χ0v) is 9.51. The van der Waals surface area contributed by atoms with E-state index in [-0.39, 0.29) is 11.4 Å². The lowest BCUT2D eigenvalue weighted by molar-refractivity contribution is 0.415. The van der Waals surface area contributed by atoms with E-state index in [4.69, 9.17) is 10.5 Å². The summed E-state index contributed by atoms with van der Waals surface area (Å²) in [6.45, 7) is 1.59. The molecule has 94 valence electrons. The third-order valence-electron chi connectivity index (χ3n) is 2.43. The molecule has 0 amide bonds. The average molecular weight is 253 g/mol. The number of nitrogens with two attached hydrogens (primary N) is 1. The number of aryl methyl sites for hydroxylation is 1. The van der Waals surface area contributed by atoms with Crippen LogP contribution in [0.1, 0.15) is 5.56 Å². The Morgan fingerprint density at radius 3 is 2.44 bits per heavy atom. The predicted molar refractivity (Wildman–Crippen MR) is 62.0 cm³/mol. The normalized spacial score (nSPS) is 10.4. The molecule has 2 N–H and O–H groups in total. The van der Waals surface area contributed by atoms with E-state index in [1.807, 2.05) is 0 Å². The summed E-state index contributed by atoms with van der Waals surface area (Å²) in [5.41, 5.74) is 5.94. The highest BCUT2D eigenvalue weighted by Gasteiger charge is 2.15. The molecule has 0 saturated carbocycles. The second kappa shape index (κ2) is 4.60. The molecule has 0 aromatic heterocycles. The Kier molecular flexibility index (Phi) is 3.14. The van der Waals surface area contributed by atoms with Crippen molar-refractivity contribution in [3.8, 4) is 11.5 Å². The maximum absolute atomic E-state index is 13.5. The van der Waals surface area contributed by atoms with Crippen LogP contribution in [0, 0.1) is 24.4 Å². The summed E-state index contributed by atoms with van der Waals surface area (Å²) in [6.07, 6.45) is 0. The van der Waals surface area contributed by atoms with Crippen LogP contribution in [0.25, 0.3) is 0 Å². The Morgan fingerprint density at radius 2 is 1.78 bits per heavy atom. The quantitative estimate of drug-likeness (QED) is 0.826. The lowest BCUT2D eigenvalue weighted by atomic mass is 10.2. The van der Waals surface area contributed by atoms with E-state index in [9.17, 15) is 13.2 Å². The van der Waals surface area contributed by atoms with Crippen molar-refractivity contribution in [2.75, 3.05) is 5.73 Å². The van der Waals surface area contributed by atoms with Crippen molar-refractivity contribution in [1.29, 1.82) is 0 Å². The SMILES string of the molecule is Cc1cc(F)ccc1Oc1c(N)ccc(F)c1F. The van der Waals surface area contributed by atoms with Crippen LogP contribution in [0.4, 0.5) is 18.9 Å². The number of nitrogen functional groups attached to an aromatic ring is 1. The van der Waals surface area contributed by atoms with E-state index in [1.54, 1.807) is 6.92 Å². The van der Waals surface area contributed by atoms with Crippen molar-refractivity contribution in [2.24, 2.45) is 0 Å². The van der Waals surface area contributed by atoms with Crippen molar-refractivity contribution in [1.82, 2.24) is 0 Å². The number of halogens is 3. The van der Waals surface area contributed by atoms with Gasteiger partial charge in [0.05, 0.1) is 5.69 Å². The van der Waals surface area contributed by atoms with Crippen LogP contribution < -0.4 is 10.5 Å². The fourth-order valence-corrected chi connectivity index (χ4v) is 1.49. The number of benzene rings is 2. The van der Waals surface area contributed by atoms with Gasteiger partial charge in [0, 0.05) is 0 Å². The Balaban J connectivity index is 2.43. The summed E-state index contributed by atoms with van der Waals surface area (Å²) in [6, 6.07) is 5.83. The fraction of sp³-hybridized carbons (Fsp3) is 0.0769. The van der Waals surface area contributed by atoms with Gasteiger partial charge < -0.3 is 10.5 Å². The molecule has 0 spiro atoms. The predicted octanol–water partition coefficient (Wildman–Crippen LogP) is 3.79. The van der Waals surface area contributed by atoms with Crippen LogP contribution in [0.2, 0.25) is 0 Å². The van der Waals surface area contributed by atoms with Crippen LogP contribution >= 0.6 is 0 Å². The third-order valence-corrected chi connectivity index (χ3v) is 2.43. The number of anilines is 1. The number of hydrogen-bond donors (Lipinski definition) is 1. The van der Waals surface area contributed by atoms with Crippen molar-refractivity contribution < 1.29 is 17.9 Å². The Hall–Kier alpha value is -2.17. The molecule has 0 bridgehead atoms. The van der Waals surface area contributed by atoms with Crippen LogP contribution in [0.15, 0.2) is 30.3 Å². The molecular weight excluding hydrogens is 243 g/mol. The monoisotopic (exact) mass is 253 g/mol. The highest BCUT2D eigenvalue weighted by Crippen LogP contribution is 2.33. The molecule has 0 aliphatic heterocycles. The maximum Gasteiger partial charge on any atom is 0.203 e. The second-order valence-corrected chi connectivity index (χ2v) is 3.79. The van der Waals surface area contributed by atoms with E-state index < -0.39 is 23.2 Å². The minimum Gasteiger partial charge on any atom is -0.452 e. The molecule has 0 fully saturated rings. The summed E-state index contributed by atoms with van der Waals surface area (Å²) in [5.74, 6) is -2.84. The Labute approximate surface area is 102 Å². The molecule has 0 saturated heterocycles. The molecule has 0 radical (unpaired) electrons. The van der Waals surface area contributed by atoms with Crippen LogP contribution in [-0.4, -0.2) is 0 Å². The van der Waals surface area contributed by atoms with Gasteiger partial charge in [-0.25, -0.2) is 8.78 Å². The van der Waals surface area contributed by atoms with Gasteiger partial charge in [-0.05, 0) is 42.8 Å². The maximum atomic E-state index is 13.5. The molecule has 2 nitrogen and oxygen atoms in total. The van der Waals surface area contributed by atoms with Crippen molar-refractivity contribution in [3.05, 3.63) is 53.3 Å². The Morgan fingerprint density at radius 1 is 1.06 bits per heavy atom. The second-order valence-electron chi connectivity index (χ2n) is 3.79. The smallest absolute Gasteiger partial charge is 0.203 e. The number of ether oxygens (including phenoxy) is 1. The molecule has 0 heterocycles. The van der Waals surface area contributed by atoms with Crippen LogP contribution in [0.5, 0.6) is 11.5 Å². The minimum absolute atomic E-state index is 0.0300. The summed E-state index contributed by atoms with van der Waals surface area (Å²) < 4.78 is 44.7. The van der Waals surface area contributed by atoms with E-state index >= 15 is 0 Å². The molecule has 0 aliphatic carbocycles. The summed E-state index contributed by atoms with van der Waals surface area (Å²) in [5, 5.41) is 0. The summed E-state index contributed by atoms with van der Waals surface area (Å²) >= 11 is 0. The van der Waals surface area contributed by atoms with Crippen LogP contribution in [0.3, 0.4) is 0 Å². The van der Waals surface area contributed by atoms with Gasteiger partial charge in [-0.1, -0.05) is 0 Å².